The van der Waals surface area contributed by atoms with Crippen LogP contribution >= 0.6 is 0 Å². The number of ether oxygens (including phenoxy) is 1. The van der Waals surface area contributed by atoms with Crippen molar-refractivity contribution in [2.45, 2.75) is 13.5 Å². The number of esters is 1. The molecule has 1 aliphatic heterocycles. The molecule has 23 heavy (non-hydrogen) atoms. The molecule has 0 atom stereocenters. The molecular formula is C17H25N3O3. The van der Waals surface area contributed by atoms with Gasteiger partial charge in [0.2, 0.25) is 5.91 Å². The molecule has 126 valence electrons. The predicted octanol–water partition coefficient (Wildman–Crippen LogP) is 0.484. The van der Waals surface area contributed by atoms with Crippen molar-refractivity contribution < 1.29 is 14.3 Å². The minimum absolute atomic E-state index is 0.0349. The van der Waals surface area contributed by atoms with Crippen LogP contribution in [0.5, 0.6) is 0 Å². The van der Waals surface area contributed by atoms with E-state index in [1.807, 2.05) is 37.3 Å². The van der Waals surface area contributed by atoms with Crippen LogP contribution in [0.25, 0.3) is 0 Å². The van der Waals surface area contributed by atoms with Gasteiger partial charge in [-0.05, 0) is 12.5 Å². The Labute approximate surface area is 137 Å². The minimum Gasteiger partial charge on any atom is -0.465 e. The second-order valence-electron chi connectivity index (χ2n) is 5.62. The van der Waals surface area contributed by atoms with E-state index in [1.54, 1.807) is 0 Å². The van der Waals surface area contributed by atoms with Crippen LogP contribution in [-0.2, 0) is 20.9 Å². The third-order valence-electron chi connectivity index (χ3n) is 3.82. The highest BCUT2D eigenvalue weighted by Crippen LogP contribution is 2.02. The van der Waals surface area contributed by atoms with E-state index in [4.69, 9.17) is 4.74 Å². The van der Waals surface area contributed by atoms with Gasteiger partial charge >= 0.3 is 5.97 Å². The SMILES string of the molecule is CCOC(=O)CN1CCN(CC(=O)NCc2ccccc2)CC1. The third-order valence-corrected chi connectivity index (χ3v) is 3.82. The van der Waals surface area contributed by atoms with Crippen LogP contribution in [0.4, 0.5) is 0 Å². The molecular weight excluding hydrogens is 294 g/mol. The first-order chi connectivity index (χ1) is 11.2. The lowest BCUT2D eigenvalue weighted by molar-refractivity contribution is -0.145. The van der Waals surface area contributed by atoms with Crippen molar-refractivity contribution >= 4 is 11.9 Å². The summed E-state index contributed by atoms with van der Waals surface area (Å²) < 4.78 is 4.95. The molecule has 0 bridgehead atoms. The smallest absolute Gasteiger partial charge is 0.320 e. The second kappa shape index (κ2) is 9.27. The first kappa shape index (κ1) is 17.4. The van der Waals surface area contributed by atoms with Crippen LogP contribution in [-0.4, -0.2) is 67.6 Å². The number of hydrogen-bond donors (Lipinski definition) is 1. The summed E-state index contributed by atoms with van der Waals surface area (Å²) in [4.78, 5) is 27.6. The summed E-state index contributed by atoms with van der Waals surface area (Å²) in [6.07, 6.45) is 0. The highest BCUT2D eigenvalue weighted by molar-refractivity contribution is 5.78. The van der Waals surface area contributed by atoms with E-state index >= 15 is 0 Å². The van der Waals surface area contributed by atoms with Gasteiger partial charge in [0.05, 0.1) is 19.7 Å². The highest BCUT2D eigenvalue weighted by atomic mass is 16.5. The number of hydrogen-bond acceptors (Lipinski definition) is 5. The second-order valence-corrected chi connectivity index (χ2v) is 5.62. The van der Waals surface area contributed by atoms with E-state index < -0.39 is 0 Å². The minimum atomic E-state index is -0.179. The third kappa shape index (κ3) is 6.38. The molecule has 6 heteroatoms. The van der Waals surface area contributed by atoms with Gasteiger partial charge < -0.3 is 10.1 Å². The van der Waals surface area contributed by atoms with Crippen molar-refractivity contribution in [3.05, 3.63) is 35.9 Å². The Hall–Kier alpha value is -1.92. The number of piperazine rings is 1. The topological polar surface area (TPSA) is 61.9 Å². The normalized spacial score (nSPS) is 16.0. The average molecular weight is 319 g/mol. The number of nitrogens with one attached hydrogen (secondary N) is 1. The molecule has 0 spiro atoms. The summed E-state index contributed by atoms with van der Waals surface area (Å²) in [6, 6.07) is 9.87. The van der Waals surface area contributed by atoms with Gasteiger partial charge in [-0.3, -0.25) is 19.4 Å². The molecule has 2 rings (SSSR count). The number of benzene rings is 1. The van der Waals surface area contributed by atoms with Gasteiger partial charge in [0, 0.05) is 32.7 Å². The van der Waals surface area contributed by atoms with Crippen LogP contribution in [0.2, 0.25) is 0 Å². The summed E-state index contributed by atoms with van der Waals surface area (Å²) in [5, 5.41) is 2.94. The fraction of sp³-hybridized carbons (Fsp3) is 0.529. The van der Waals surface area contributed by atoms with Crippen LogP contribution in [0, 0.1) is 0 Å². The van der Waals surface area contributed by atoms with Crippen molar-refractivity contribution in [2.75, 3.05) is 45.9 Å². The van der Waals surface area contributed by atoms with Gasteiger partial charge in [-0.1, -0.05) is 30.3 Å². The van der Waals surface area contributed by atoms with Crippen molar-refractivity contribution in [1.29, 1.82) is 0 Å². The van der Waals surface area contributed by atoms with Gasteiger partial charge in [0.1, 0.15) is 0 Å². The van der Waals surface area contributed by atoms with Crippen LogP contribution in [0.15, 0.2) is 30.3 Å². The molecule has 1 fully saturated rings. The number of carbonyl (C=O) groups excluding carboxylic acids is 2. The monoisotopic (exact) mass is 319 g/mol. The zero-order chi connectivity index (χ0) is 16.5. The Kier molecular flexibility index (Phi) is 7.03. The molecule has 0 unspecified atom stereocenters. The predicted molar refractivity (Wildman–Crippen MR) is 87.8 cm³/mol. The molecule has 1 aliphatic rings. The van der Waals surface area contributed by atoms with Crippen LogP contribution < -0.4 is 5.32 Å². The van der Waals surface area contributed by atoms with Gasteiger partial charge in [0.25, 0.3) is 0 Å². The van der Waals surface area contributed by atoms with Gasteiger partial charge in [-0.25, -0.2) is 0 Å². The molecule has 1 saturated heterocycles. The largest absolute Gasteiger partial charge is 0.465 e. The van der Waals surface area contributed by atoms with Crippen LogP contribution in [0.3, 0.4) is 0 Å². The molecule has 0 radical (unpaired) electrons. The van der Waals surface area contributed by atoms with E-state index in [2.05, 4.69) is 15.1 Å². The Morgan fingerprint density at radius 1 is 1.04 bits per heavy atom. The molecule has 0 saturated carbocycles. The maximum atomic E-state index is 12.0. The Morgan fingerprint density at radius 3 is 2.26 bits per heavy atom. The van der Waals surface area contributed by atoms with E-state index in [0.29, 0.717) is 26.2 Å². The molecule has 1 heterocycles. The summed E-state index contributed by atoms with van der Waals surface area (Å²) in [5.41, 5.74) is 1.10. The molecule has 0 aromatic heterocycles. The molecule has 1 N–H and O–H groups in total. The Bertz CT molecular complexity index is 499. The van der Waals surface area contributed by atoms with Gasteiger partial charge in [0.15, 0.2) is 0 Å². The lowest BCUT2D eigenvalue weighted by Gasteiger charge is -2.33. The van der Waals surface area contributed by atoms with Gasteiger partial charge in [-0.2, -0.15) is 0 Å². The number of nitrogens with zero attached hydrogens (tertiary/aromatic N) is 2. The number of carbonyl (C=O) groups is 2. The van der Waals surface area contributed by atoms with Crippen molar-refractivity contribution in [2.24, 2.45) is 0 Å². The zero-order valence-electron chi connectivity index (χ0n) is 13.7. The summed E-state index contributed by atoms with van der Waals surface area (Å²) in [5.74, 6) is -0.144. The Balaban J connectivity index is 1.63. The highest BCUT2D eigenvalue weighted by Gasteiger charge is 2.20. The lowest BCUT2D eigenvalue weighted by atomic mass is 10.2. The first-order valence-electron chi connectivity index (χ1n) is 8.08. The molecule has 1 amide bonds. The fourth-order valence-electron chi connectivity index (χ4n) is 2.55. The van der Waals surface area contributed by atoms with Crippen molar-refractivity contribution in [3.8, 4) is 0 Å². The van der Waals surface area contributed by atoms with Crippen LogP contribution in [0.1, 0.15) is 12.5 Å². The summed E-state index contributed by atoms with van der Waals surface area (Å²) >= 11 is 0. The van der Waals surface area contributed by atoms with E-state index in [-0.39, 0.29) is 11.9 Å². The summed E-state index contributed by atoms with van der Waals surface area (Å²) in [7, 11) is 0. The number of rotatable bonds is 7. The number of amides is 1. The average Bonchev–Trinajstić information content (AvgIpc) is 2.56. The maximum absolute atomic E-state index is 12.0. The van der Waals surface area contributed by atoms with Crippen molar-refractivity contribution in [3.63, 3.8) is 0 Å². The van der Waals surface area contributed by atoms with Gasteiger partial charge in [-0.15, -0.1) is 0 Å². The van der Waals surface area contributed by atoms with E-state index in [0.717, 1.165) is 31.7 Å². The van der Waals surface area contributed by atoms with Crippen molar-refractivity contribution in [1.82, 2.24) is 15.1 Å². The fourth-order valence-corrected chi connectivity index (χ4v) is 2.55. The first-order valence-corrected chi connectivity index (χ1v) is 8.08. The molecule has 6 nitrogen and oxygen atoms in total. The molecule has 0 aliphatic carbocycles. The molecule has 1 aromatic rings. The molecule has 1 aromatic carbocycles. The standard InChI is InChI=1S/C17H25N3O3/c1-2-23-17(22)14-20-10-8-19(9-11-20)13-16(21)18-12-15-6-4-3-5-7-15/h3-7H,2,8-14H2,1H3,(H,18,21). The Morgan fingerprint density at radius 2 is 1.65 bits per heavy atom. The van der Waals surface area contributed by atoms with E-state index in [9.17, 15) is 9.59 Å². The van der Waals surface area contributed by atoms with E-state index in [1.165, 1.54) is 0 Å². The maximum Gasteiger partial charge on any atom is 0.320 e. The summed E-state index contributed by atoms with van der Waals surface area (Å²) in [6.45, 7) is 6.67. The lowest BCUT2D eigenvalue weighted by Crippen LogP contribution is -2.50. The zero-order valence-corrected chi connectivity index (χ0v) is 13.7. The quantitative estimate of drug-likeness (QED) is 0.741.